The van der Waals surface area contributed by atoms with Crippen molar-refractivity contribution in [1.29, 1.82) is 0 Å². The monoisotopic (exact) mass is 412 g/mol. The summed E-state index contributed by atoms with van der Waals surface area (Å²) in [4.78, 5) is 36.5. The highest BCUT2D eigenvalue weighted by molar-refractivity contribution is 6.12. The van der Waals surface area contributed by atoms with Crippen LogP contribution in [0, 0.1) is 24.7 Å². The molecule has 0 fully saturated rings. The van der Waals surface area contributed by atoms with E-state index >= 15 is 0 Å². The Morgan fingerprint density at radius 2 is 1.73 bits per heavy atom. The third kappa shape index (κ3) is 8.29. The molecule has 4 nitrogen and oxygen atoms in total. The quantitative estimate of drug-likeness (QED) is 0.157. The molecule has 0 aliphatic carbocycles. The Labute approximate surface area is 182 Å². The lowest BCUT2D eigenvalue weighted by Crippen LogP contribution is -2.24. The van der Waals surface area contributed by atoms with Gasteiger partial charge in [-0.1, -0.05) is 51.7 Å². The molecular formula is C25H37BO4. The molecule has 0 saturated carbocycles. The topological polar surface area (TPSA) is 60.4 Å². The van der Waals surface area contributed by atoms with Gasteiger partial charge in [-0.2, -0.15) is 0 Å². The average molecular weight is 412 g/mol. The van der Waals surface area contributed by atoms with Gasteiger partial charge in [-0.3, -0.25) is 14.4 Å². The zero-order chi connectivity index (χ0) is 22.8. The molecule has 0 saturated heterocycles. The van der Waals surface area contributed by atoms with Crippen molar-refractivity contribution in [3.05, 3.63) is 41.5 Å². The van der Waals surface area contributed by atoms with Crippen molar-refractivity contribution < 1.29 is 19.1 Å². The lowest BCUT2D eigenvalue weighted by molar-refractivity contribution is -0.131. The number of benzene rings is 1. The Morgan fingerprint density at radius 1 is 1.07 bits per heavy atom. The highest BCUT2D eigenvalue weighted by Gasteiger charge is 2.27. The SMILES string of the molecule is BC(C(C)CC(=O)c1ccc(C)cc1OC(C)=O)C(C)C(C)CC(=O)C/C=C\CC. The minimum absolute atomic E-state index is 0.0220. The zero-order valence-electron chi connectivity index (χ0n) is 19.7. The number of carbonyl (C=O) groups excluding carboxylic acids is 3. The molecule has 164 valence electrons. The molecule has 1 aromatic carbocycles. The number of ether oxygens (including phenoxy) is 1. The molecule has 1 rings (SSSR count). The van der Waals surface area contributed by atoms with E-state index in [1.807, 2.05) is 25.1 Å². The fourth-order valence-corrected chi connectivity index (χ4v) is 3.73. The van der Waals surface area contributed by atoms with Crippen LogP contribution in [0.25, 0.3) is 0 Å². The molecule has 0 bridgehead atoms. The second-order valence-corrected chi connectivity index (χ2v) is 8.72. The smallest absolute Gasteiger partial charge is 0.308 e. The van der Waals surface area contributed by atoms with Crippen molar-refractivity contribution in [3.63, 3.8) is 0 Å². The molecule has 0 heterocycles. The molecule has 0 aliphatic heterocycles. The largest absolute Gasteiger partial charge is 0.426 e. The third-order valence-electron chi connectivity index (χ3n) is 6.12. The van der Waals surface area contributed by atoms with Gasteiger partial charge in [-0.05, 0) is 48.8 Å². The average Bonchev–Trinajstić information content (AvgIpc) is 2.66. The van der Waals surface area contributed by atoms with Crippen molar-refractivity contribution >= 4 is 25.4 Å². The molecular weight excluding hydrogens is 375 g/mol. The third-order valence-corrected chi connectivity index (χ3v) is 6.12. The van der Waals surface area contributed by atoms with Gasteiger partial charge in [0.05, 0.1) is 5.56 Å². The van der Waals surface area contributed by atoms with E-state index in [2.05, 4.69) is 35.5 Å². The van der Waals surface area contributed by atoms with Gasteiger partial charge in [0.2, 0.25) is 0 Å². The van der Waals surface area contributed by atoms with Crippen molar-refractivity contribution in [2.75, 3.05) is 0 Å². The molecule has 0 radical (unpaired) electrons. The van der Waals surface area contributed by atoms with Gasteiger partial charge in [0, 0.05) is 26.2 Å². The first-order valence-electron chi connectivity index (χ1n) is 11.1. The number of hydrogen-bond donors (Lipinski definition) is 0. The van der Waals surface area contributed by atoms with Gasteiger partial charge in [-0.25, -0.2) is 0 Å². The van der Waals surface area contributed by atoms with Crippen LogP contribution in [-0.4, -0.2) is 25.4 Å². The number of hydrogen-bond acceptors (Lipinski definition) is 4. The van der Waals surface area contributed by atoms with E-state index in [0.717, 1.165) is 12.0 Å². The minimum Gasteiger partial charge on any atom is -0.426 e. The molecule has 0 amide bonds. The minimum atomic E-state index is -0.433. The van der Waals surface area contributed by atoms with Gasteiger partial charge in [0.15, 0.2) is 5.78 Å². The first kappa shape index (κ1) is 25.9. The van der Waals surface area contributed by atoms with Crippen LogP contribution in [0.15, 0.2) is 30.4 Å². The van der Waals surface area contributed by atoms with E-state index < -0.39 is 5.97 Å². The summed E-state index contributed by atoms with van der Waals surface area (Å²) in [6, 6.07) is 5.32. The lowest BCUT2D eigenvalue weighted by Gasteiger charge is -2.30. The molecule has 4 unspecified atom stereocenters. The number of aryl methyl sites for hydroxylation is 1. The van der Waals surface area contributed by atoms with Crippen LogP contribution < -0.4 is 4.74 Å². The number of Topliss-reactive ketones (excluding diaryl/α,β-unsaturated/α-hetero) is 2. The molecule has 0 aliphatic rings. The summed E-state index contributed by atoms with van der Waals surface area (Å²) in [5.74, 6) is 1.15. The fourth-order valence-electron chi connectivity index (χ4n) is 3.73. The van der Waals surface area contributed by atoms with Crippen LogP contribution in [0.3, 0.4) is 0 Å². The zero-order valence-corrected chi connectivity index (χ0v) is 19.7. The number of esters is 1. The number of ketones is 2. The molecule has 30 heavy (non-hydrogen) atoms. The van der Waals surface area contributed by atoms with Gasteiger partial charge in [0.1, 0.15) is 19.4 Å². The summed E-state index contributed by atoms with van der Waals surface area (Å²) in [6.07, 6.45) is 6.36. The molecule has 4 atom stereocenters. The Balaban J connectivity index is 2.76. The van der Waals surface area contributed by atoms with Crippen LogP contribution in [-0.2, 0) is 9.59 Å². The molecule has 1 aromatic rings. The van der Waals surface area contributed by atoms with Crippen LogP contribution in [0.1, 0.15) is 76.2 Å². The highest BCUT2D eigenvalue weighted by atomic mass is 16.5. The van der Waals surface area contributed by atoms with Gasteiger partial charge in [-0.15, -0.1) is 0 Å². The van der Waals surface area contributed by atoms with Crippen molar-refractivity contribution in [1.82, 2.24) is 0 Å². The summed E-state index contributed by atoms with van der Waals surface area (Å²) in [5, 5.41) is 0. The maximum Gasteiger partial charge on any atom is 0.308 e. The van der Waals surface area contributed by atoms with E-state index in [4.69, 9.17) is 4.74 Å². The van der Waals surface area contributed by atoms with Gasteiger partial charge < -0.3 is 4.74 Å². The summed E-state index contributed by atoms with van der Waals surface area (Å²) >= 11 is 0. The maximum atomic E-state index is 12.9. The van der Waals surface area contributed by atoms with Gasteiger partial charge in [0.25, 0.3) is 0 Å². The Bertz CT molecular complexity index is 768. The second kappa shape index (κ2) is 12.5. The summed E-state index contributed by atoms with van der Waals surface area (Å²) in [6.45, 7) is 11.7. The van der Waals surface area contributed by atoms with Crippen LogP contribution in [0.2, 0.25) is 5.82 Å². The maximum absolute atomic E-state index is 12.9. The van der Waals surface area contributed by atoms with Crippen LogP contribution >= 0.6 is 0 Å². The molecule has 0 spiro atoms. The second-order valence-electron chi connectivity index (χ2n) is 8.72. The first-order chi connectivity index (χ1) is 14.1. The van der Waals surface area contributed by atoms with E-state index in [1.165, 1.54) is 6.92 Å². The van der Waals surface area contributed by atoms with Gasteiger partial charge >= 0.3 is 5.97 Å². The van der Waals surface area contributed by atoms with E-state index in [0.29, 0.717) is 36.5 Å². The van der Waals surface area contributed by atoms with E-state index in [1.54, 1.807) is 12.1 Å². The van der Waals surface area contributed by atoms with Crippen molar-refractivity contribution in [3.8, 4) is 5.75 Å². The summed E-state index contributed by atoms with van der Waals surface area (Å²) in [7, 11) is 2.16. The Morgan fingerprint density at radius 3 is 2.33 bits per heavy atom. The summed E-state index contributed by atoms with van der Waals surface area (Å²) in [5.41, 5.74) is 1.39. The first-order valence-corrected chi connectivity index (χ1v) is 11.1. The van der Waals surface area contributed by atoms with E-state index in [-0.39, 0.29) is 29.2 Å². The predicted octanol–water partition coefficient (Wildman–Crippen LogP) is 5.14. The molecule has 0 aromatic heterocycles. The highest BCUT2D eigenvalue weighted by Crippen LogP contribution is 2.35. The fraction of sp³-hybridized carbons (Fsp3) is 0.560. The number of carbonyl (C=O) groups is 3. The number of allylic oxidation sites excluding steroid dienone is 2. The van der Waals surface area contributed by atoms with Crippen LogP contribution in [0.5, 0.6) is 5.75 Å². The van der Waals surface area contributed by atoms with Crippen LogP contribution in [0.4, 0.5) is 0 Å². The number of rotatable bonds is 12. The Kier molecular flexibility index (Phi) is 10.8. The van der Waals surface area contributed by atoms with E-state index in [9.17, 15) is 14.4 Å². The predicted molar refractivity (Wildman–Crippen MR) is 125 cm³/mol. The molecule has 0 N–H and O–H groups in total. The van der Waals surface area contributed by atoms with Crippen molar-refractivity contribution in [2.45, 2.75) is 73.0 Å². The lowest BCUT2D eigenvalue weighted by atomic mass is 9.64. The molecule has 5 heteroatoms. The Hall–Kier alpha value is -2.17. The normalized spacial score (nSPS) is 15.4. The standard InChI is InChI=1S/C25H37BO4/c1-7-8-9-10-21(28)14-17(3)19(5)25(26)18(4)15-23(29)22-12-11-16(2)13-24(22)30-20(6)27/h8-9,11-13,17-19,25H,7,10,14-15,26H2,1-6H3/b9-8-. The summed E-state index contributed by atoms with van der Waals surface area (Å²) < 4.78 is 5.26. The van der Waals surface area contributed by atoms with Crippen molar-refractivity contribution in [2.24, 2.45) is 17.8 Å².